The zero-order chi connectivity index (χ0) is 38.1. The van der Waals surface area contributed by atoms with Crippen LogP contribution in [0.5, 0.6) is 11.5 Å². The topological polar surface area (TPSA) is 159 Å². The SMILES string of the molecule is COc1ccc2ncc(=O)n(CCN3CCC(N)CC3)c2c1.COc1ccc2ncc(=O)n(CCN3CCC(NCc4cc(-c5cccs5)on4)CC3)c2c1. The minimum Gasteiger partial charge on any atom is -0.497 e. The van der Waals surface area contributed by atoms with E-state index in [0.29, 0.717) is 31.7 Å². The van der Waals surface area contributed by atoms with Crippen LogP contribution in [-0.4, -0.2) is 99.6 Å². The van der Waals surface area contributed by atoms with E-state index in [2.05, 4.69) is 30.2 Å². The quantitative estimate of drug-likeness (QED) is 0.183. The minimum atomic E-state index is -0.0816. The molecule has 0 aliphatic carbocycles. The second-order valence-corrected chi connectivity index (χ2v) is 15.0. The summed E-state index contributed by atoms with van der Waals surface area (Å²) < 4.78 is 19.6. The van der Waals surface area contributed by atoms with Crippen molar-refractivity contribution < 1.29 is 14.0 Å². The van der Waals surface area contributed by atoms with E-state index in [4.69, 9.17) is 19.7 Å². The van der Waals surface area contributed by atoms with Crippen molar-refractivity contribution in [3.63, 3.8) is 0 Å². The van der Waals surface area contributed by atoms with Gasteiger partial charge in [0.15, 0.2) is 5.76 Å². The average molecular weight is 768 g/mol. The maximum Gasteiger partial charge on any atom is 0.269 e. The third-order valence-electron chi connectivity index (χ3n) is 10.5. The lowest BCUT2D eigenvalue weighted by Crippen LogP contribution is -2.43. The molecule has 4 aromatic heterocycles. The number of aromatic nitrogens is 5. The molecule has 6 aromatic rings. The highest BCUT2D eigenvalue weighted by Gasteiger charge is 2.20. The first kappa shape index (κ1) is 38.3. The molecule has 0 bridgehead atoms. The van der Waals surface area contributed by atoms with Crippen LogP contribution in [0.1, 0.15) is 31.4 Å². The second-order valence-electron chi connectivity index (χ2n) is 14.0. The summed E-state index contributed by atoms with van der Waals surface area (Å²) in [6.45, 7) is 7.67. The lowest BCUT2D eigenvalue weighted by molar-refractivity contribution is 0.191. The highest BCUT2D eigenvalue weighted by Crippen LogP contribution is 2.25. The molecule has 2 saturated heterocycles. The lowest BCUT2D eigenvalue weighted by Gasteiger charge is -2.32. The number of rotatable bonds is 12. The summed E-state index contributed by atoms with van der Waals surface area (Å²) in [6, 6.07) is 18.1. The Bertz CT molecular complexity index is 2270. The number of nitrogens with zero attached hydrogens (tertiary/aromatic N) is 7. The fourth-order valence-electron chi connectivity index (χ4n) is 7.20. The van der Waals surface area contributed by atoms with Crippen molar-refractivity contribution in [3.05, 3.63) is 98.8 Å². The Hall–Kier alpha value is -4.93. The van der Waals surface area contributed by atoms with Crippen molar-refractivity contribution >= 4 is 33.4 Å². The van der Waals surface area contributed by atoms with Crippen LogP contribution in [0.4, 0.5) is 0 Å². The van der Waals surface area contributed by atoms with E-state index < -0.39 is 0 Å². The number of nitrogens with one attached hydrogen (secondary N) is 1. The van der Waals surface area contributed by atoms with Gasteiger partial charge in [0.25, 0.3) is 11.1 Å². The molecule has 2 aliphatic heterocycles. The molecule has 2 aromatic carbocycles. The first-order valence-electron chi connectivity index (χ1n) is 18.9. The standard InChI is InChI=1S/C24H27N5O3S.C16H22N4O2/c1-31-19-4-5-20-21(14-19)29(24(30)16-26-20)11-10-28-8-6-17(7-9-28)25-15-18-13-22(32-27-18)23-3-2-12-33-23;1-22-13-2-3-14-15(10-13)20(16(21)11-18-14)9-8-19-6-4-12(17)5-7-19/h2-5,12-14,16-17,25H,6-11,15H2,1H3;2-3,10-12H,4-9,17H2,1H3. The third-order valence-corrected chi connectivity index (χ3v) is 11.4. The van der Waals surface area contributed by atoms with E-state index >= 15 is 0 Å². The van der Waals surface area contributed by atoms with Crippen molar-refractivity contribution in [3.8, 4) is 22.1 Å². The molecule has 2 aliphatic rings. The molecule has 0 atom stereocenters. The number of hydrogen-bond donors (Lipinski definition) is 2. The van der Waals surface area contributed by atoms with Gasteiger partial charge < -0.3 is 44.0 Å². The molecular formula is C40H49N9O5S. The Morgan fingerprint density at radius 1 is 0.782 bits per heavy atom. The van der Waals surface area contributed by atoms with Gasteiger partial charge in [-0.2, -0.15) is 0 Å². The van der Waals surface area contributed by atoms with Gasteiger partial charge in [-0.25, -0.2) is 9.97 Å². The van der Waals surface area contributed by atoms with Crippen LogP contribution in [0.25, 0.3) is 32.7 Å². The van der Waals surface area contributed by atoms with E-state index in [1.165, 1.54) is 12.4 Å². The van der Waals surface area contributed by atoms with E-state index in [9.17, 15) is 9.59 Å². The van der Waals surface area contributed by atoms with Crippen molar-refractivity contribution in [1.82, 2.24) is 39.4 Å². The maximum atomic E-state index is 12.5. The monoisotopic (exact) mass is 767 g/mol. The van der Waals surface area contributed by atoms with E-state index in [1.807, 2.05) is 60.0 Å². The highest BCUT2D eigenvalue weighted by atomic mass is 32.1. The second kappa shape index (κ2) is 18.1. The molecule has 290 valence electrons. The molecule has 0 radical (unpaired) electrons. The lowest BCUT2D eigenvalue weighted by atomic mass is 10.0. The number of likely N-dealkylation sites (tertiary alicyclic amines) is 2. The molecule has 6 heterocycles. The number of hydrogen-bond acceptors (Lipinski definition) is 13. The Morgan fingerprint density at radius 2 is 1.35 bits per heavy atom. The Balaban J connectivity index is 0.000000184. The average Bonchev–Trinajstić information content (AvgIpc) is 3.94. The molecule has 0 amide bonds. The molecule has 0 saturated carbocycles. The van der Waals surface area contributed by atoms with Crippen LogP contribution in [0.3, 0.4) is 0 Å². The summed E-state index contributed by atoms with van der Waals surface area (Å²) >= 11 is 1.65. The van der Waals surface area contributed by atoms with Crippen LogP contribution in [0, 0.1) is 0 Å². The largest absolute Gasteiger partial charge is 0.497 e. The van der Waals surface area contributed by atoms with Gasteiger partial charge in [-0.05, 0) is 87.6 Å². The zero-order valence-corrected chi connectivity index (χ0v) is 32.2. The summed E-state index contributed by atoms with van der Waals surface area (Å²) in [4.78, 5) is 39.0. The summed E-state index contributed by atoms with van der Waals surface area (Å²) in [5, 5.41) is 9.84. The molecular weight excluding hydrogens is 719 g/mol. The van der Waals surface area contributed by atoms with Gasteiger partial charge in [-0.3, -0.25) is 9.59 Å². The Morgan fingerprint density at radius 3 is 1.87 bits per heavy atom. The Labute approximate surface area is 323 Å². The summed E-state index contributed by atoms with van der Waals surface area (Å²) in [6.07, 6.45) is 6.98. The smallest absolute Gasteiger partial charge is 0.269 e. The van der Waals surface area contributed by atoms with Crippen LogP contribution < -0.4 is 31.6 Å². The highest BCUT2D eigenvalue weighted by molar-refractivity contribution is 7.13. The first-order chi connectivity index (χ1) is 26.9. The van der Waals surface area contributed by atoms with Crippen LogP contribution >= 0.6 is 11.3 Å². The van der Waals surface area contributed by atoms with E-state index in [0.717, 1.165) is 115 Å². The minimum absolute atomic E-state index is 0.0746. The molecule has 3 N–H and O–H groups in total. The van der Waals surface area contributed by atoms with Crippen molar-refractivity contribution in [2.45, 2.75) is 57.4 Å². The fraction of sp³-hybridized carbons (Fsp3) is 0.425. The summed E-state index contributed by atoms with van der Waals surface area (Å²) in [5.41, 5.74) is 9.94. The van der Waals surface area contributed by atoms with Crippen molar-refractivity contribution in [2.75, 3.05) is 53.5 Å². The molecule has 2 fully saturated rings. The summed E-state index contributed by atoms with van der Waals surface area (Å²) in [5.74, 6) is 2.29. The maximum absolute atomic E-state index is 12.5. The van der Waals surface area contributed by atoms with E-state index in [1.54, 1.807) is 34.7 Å². The number of nitrogens with two attached hydrogens (primary N) is 1. The summed E-state index contributed by atoms with van der Waals surface area (Å²) in [7, 11) is 3.25. The fourth-order valence-corrected chi connectivity index (χ4v) is 7.87. The molecule has 8 rings (SSSR count). The first-order valence-corrected chi connectivity index (χ1v) is 19.7. The van der Waals surface area contributed by atoms with Gasteiger partial charge >= 0.3 is 0 Å². The number of methoxy groups -OCH3 is 2. The van der Waals surface area contributed by atoms with E-state index in [-0.39, 0.29) is 11.1 Å². The predicted molar refractivity (Wildman–Crippen MR) is 215 cm³/mol. The molecule has 14 nitrogen and oxygen atoms in total. The van der Waals surface area contributed by atoms with Gasteiger partial charge in [-0.1, -0.05) is 11.2 Å². The van der Waals surface area contributed by atoms with Gasteiger partial charge in [0.1, 0.15) is 11.5 Å². The normalized spacial score (nSPS) is 16.0. The molecule has 15 heteroatoms. The van der Waals surface area contributed by atoms with Crippen molar-refractivity contribution in [1.29, 1.82) is 0 Å². The molecule has 55 heavy (non-hydrogen) atoms. The van der Waals surface area contributed by atoms with Crippen LogP contribution in [0.15, 0.2) is 86.5 Å². The predicted octanol–water partition coefficient (Wildman–Crippen LogP) is 4.20. The van der Waals surface area contributed by atoms with Gasteiger partial charge in [0.2, 0.25) is 0 Å². The van der Waals surface area contributed by atoms with Crippen LogP contribution in [0.2, 0.25) is 0 Å². The molecule has 0 unspecified atom stereocenters. The number of fused-ring (bicyclic) bond motifs is 2. The van der Waals surface area contributed by atoms with Crippen molar-refractivity contribution in [2.24, 2.45) is 5.73 Å². The van der Waals surface area contributed by atoms with Gasteiger partial charge in [0, 0.05) is 63.0 Å². The van der Waals surface area contributed by atoms with Gasteiger partial charge in [-0.15, -0.1) is 11.3 Å². The number of ether oxygens (including phenoxy) is 2. The number of benzene rings is 2. The molecule has 0 spiro atoms. The Kier molecular flexibility index (Phi) is 12.6. The number of piperidine rings is 2. The van der Waals surface area contributed by atoms with Gasteiger partial charge in [0.05, 0.1) is 59.3 Å². The third kappa shape index (κ3) is 9.66. The van der Waals surface area contributed by atoms with Crippen LogP contribution in [-0.2, 0) is 19.6 Å². The zero-order valence-electron chi connectivity index (χ0n) is 31.4. The number of thiophene rings is 1.